The maximum atomic E-state index is 12.3. The highest BCUT2D eigenvalue weighted by Gasteiger charge is 2.14. The van der Waals surface area contributed by atoms with Crippen molar-refractivity contribution in [3.05, 3.63) is 58.3 Å². The lowest BCUT2D eigenvalue weighted by Crippen LogP contribution is -2.15. The zero-order valence-electron chi connectivity index (χ0n) is 14.6. The van der Waals surface area contributed by atoms with Gasteiger partial charge in [0.05, 0.1) is 28.6 Å². The summed E-state index contributed by atoms with van der Waals surface area (Å²) in [6.45, 7) is 1.85. The number of amides is 1. The number of carbonyl (C=O) groups excluding carboxylic acids is 1. The monoisotopic (exact) mass is 422 g/mol. The van der Waals surface area contributed by atoms with Crippen LogP contribution in [-0.2, 0) is 4.79 Å². The first kappa shape index (κ1) is 19.5. The Balaban J connectivity index is 1.71. The van der Waals surface area contributed by atoms with Crippen molar-refractivity contribution in [2.45, 2.75) is 12.1 Å². The summed E-state index contributed by atoms with van der Waals surface area (Å²) in [5, 5.41) is 12.3. The number of carbonyl (C=O) groups is 1. The second kappa shape index (κ2) is 8.65. The molecule has 0 spiro atoms. The molecule has 3 aromatic rings. The van der Waals surface area contributed by atoms with Crippen LogP contribution in [0.15, 0.2) is 47.6 Å². The van der Waals surface area contributed by atoms with Gasteiger partial charge in [-0.3, -0.25) is 9.36 Å². The van der Waals surface area contributed by atoms with Crippen LogP contribution in [0.5, 0.6) is 5.75 Å². The third-order valence-corrected chi connectivity index (χ3v) is 5.43. The minimum Gasteiger partial charge on any atom is -0.497 e. The molecule has 1 amide bonds. The van der Waals surface area contributed by atoms with Crippen LogP contribution in [-0.4, -0.2) is 33.5 Å². The molecule has 1 aromatic heterocycles. The standard InChI is InChI=1S/C18H16Cl2N4O2S/c1-11-22-23-18(24(11)12-6-8-13(26-2)9-7-12)27-10-16(25)21-15-5-3-4-14(19)17(15)20/h3-9H,10H2,1-2H3,(H,21,25). The number of hydrogen-bond acceptors (Lipinski definition) is 5. The van der Waals surface area contributed by atoms with Crippen molar-refractivity contribution in [2.75, 3.05) is 18.2 Å². The number of rotatable bonds is 6. The molecule has 1 N–H and O–H groups in total. The molecule has 0 aliphatic heterocycles. The quantitative estimate of drug-likeness (QED) is 0.586. The van der Waals surface area contributed by atoms with Crippen LogP contribution in [0, 0.1) is 6.92 Å². The maximum Gasteiger partial charge on any atom is 0.234 e. The van der Waals surface area contributed by atoms with Gasteiger partial charge in [0.1, 0.15) is 11.6 Å². The molecule has 9 heteroatoms. The summed E-state index contributed by atoms with van der Waals surface area (Å²) in [5.41, 5.74) is 1.36. The van der Waals surface area contributed by atoms with E-state index < -0.39 is 0 Å². The van der Waals surface area contributed by atoms with Gasteiger partial charge in [-0.1, -0.05) is 41.0 Å². The summed E-state index contributed by atoms with van der Waals surface area (Å²) < 4.78 is 7.06. The van der Waals surface area contributed by atoms with E-state index in [1.807, 2.05) is 35.8 Å². The largest absolute Gasteiger partial charge is 0.497 e. The summed E-state index contributed by atoms with van der Waals surface area (Å²) in [4.78, 5) is 12.3. The summed E-state index contributed by atoms with van der Waals surface area (Å²) in [5.74, 6) is 1.42. The fourth-order valence-corrected chi connectivity index (χ4v) is 3.53. The highest BCUT2D eigenvalue weighted by atomic mass is 35.5. The van der Waals surface area contributed by atoms with Gasteiger partial charge in [0, 0.05) is 5.69 Å². The number of methoxy groups -OCH3 is 1. The maximum absolute atomic E-state index is 12.3. The van der Waals surface area contributed by atoms with Crippen molar-refractivity contribution in [1.82, 2.24) is 14.8 Å². The van der Waals surface area contributed by atoms with E-state index in [-0.39, 0.29) is 11.7 Å². The van der Waals surface area contributed by atoms with E-state index in [2.05, 4.69) is 15.5 Å². The van der Waals surface area contributed by atoms with Gasteiger partial charge in [0.2, 0.25) is 5.91 Å². The molecule has 0 fully saturated rings. The van der Waals surface area contributed by atoms with Crippen LogP contribution in [0.2, 0.25) is 10.0 Å². The number of anilines is 1. The van der Waals surface area contributed by atoms with E-state index in [4.69, 9.17) is 27.9 Å². The Morgan fingerprint density at radius 2 is 1.93 bits per heavy atom. The smallest absolute Gasteiger partial charge is 0.234 e. The van der Waals surface area contributed by atoms with Gasteiger partial charge in [-0.05, 0) is 43.3 Å². The number of ether oxygens (including phenoxy) is 1. The molecule has 0 aliphatic rings. The summed E-state index contributed by atoms with van der Waals surface area (Å²) in [6, 6.07) is 12.6. The number of nitrogens with one attached hydrogen (secondary N) is 1. The van der Waals surface area contributed by atoms with Gasteiger partial charge in [-0.15, -0.1) is 10.2 Å². The van der Waals surface area contributed by atoms with Crippen molar-refractivity contribution in [1.29, 1.82) is 0 Å². The second-order valence-corrected chi connectivity index (χ2v) is 7.23. The molecule has 0 aliphatic carbocycles. The lowest BCUT2D eigenvalue weighted by Gasteiger charge is -2.10. The van der Waals surface area contributed by atoms with Crippen LogP contribution < -0.4 is 10.1 Å². The number of hydrogen-bond donors (Lipinski definition) is 1. The van der Waals surface area contributed by atoms with Crippen molar-refractivity contribution in [2.24, 2.45) is 0 Å². The third-order valence-electron chi connectivity index (χ3n) is 3.68. The van der Waals surface area contributed by atoms with Crippen molar-refractivity contribution in [3.63, 3.8) is 0 Å². The lowest BCUT2D eigenvalue weighted by molar-refractivity contribution is -0.113. The lowest BCUT2D eigenvalue weighted by atomic mass is 10.3. The van der Waals surface area contributed by atoms with Crippen molar-refractivity contribution in [3.8, 4) is 11.4 Å². The number of halogens is 2. The molecular weight excluding hydrogens is 407 g/mol. The molecule has 6 nitrogen and oxygen atoms in total. The normalized spacial score (nSPS) is 10.7. The molecule has 0 saturated carbocycles. The summed E-state index contributed by atoms with van der Waals surface area (Å²) in [7, 11) is 1.62. The van der Waals surface area contributed by atoms with Crippen LogP contribution in [0.1, 0.15) is 5.82 Å². The Hall–Kier alpha value is -2.22. The Bertz CT molecular complexity index is 960. The number of aromatic nitrogens is 3. The Kier molecular flexibility index (Phi) is 6.26. The highest BCUT2D eigenvalue weighted by molar-refractivity contribution is 7.99. The molecule has 0 saturated heterocycles. The molecule has 27 heavy (non-hydrogen) atoms. The molecule has 1 heterocycles. The van der Waals surface area contributed by atoms with Gasteiger partial charge in [0.15, 0.2) is 5.16 Å². The van der Waals surface area contributed by atoms with Crippen LogP contribution >= 0.6 is 35.0 Å². The fourth-order valence-electron chi connectivity index (χ4n) is 2.38. The first-order valence-electron chi connectivity index (χ1n) is 7.92. The predicted molar refractivity (Wildman–Crippen MR) is 108 cm³/mol. The molecule has 140 valence electrons. The van der Waals surface area contributed by atoms with Crippen LogP contribution in [0.25, 0.3) is 5.69 Å². The van der Waals surface area contributed by atoms with Gasteiger partial charge in [0.25, 0.3) is 0 Å². The SMILES string of the molecule is COc1ccc(-n2c(C)nnc2SCC(=O)Nc2cccc(Cl)c2Cl)cc1. The Labute approximate surface area is 170 Å². The van der Waals surface area contributed by atoms with E-state index in [1.165, 1.54) is 11.8 Å². The fraction of sp³-hybridized carbons (Fsp3) is 0.167. The van der Waals surface area contributed by atoms with E-state index in [0.29, 0.717) is 20.9 Å². The minimum absolute atomic E-state index is 0.150. The molecule has 2 aromatic carbocycles. The van der Waals surface area contributed by atoms with Crippen LogP contribution in [0.3, 0.4) is 0 Å². The number of aryl methyl sites for hydroxylation is 1. The molecule has 0 bridgehead atoms. The van der Waals surface area contributed by atoms with Gasteiger partial charge < -0.3 is 10.1 Å². The van der Waals surface area contributed by atoms with Crippen molar-refractivity contribution >= 4 is 46.6 Å². The average Bonchev–Trinajstić information content (AvgIpc) is 3.04. The van der Waals surface area contributed by atoms with Gasteiger partial charge >= 0.3 is 0 Å². The second-order valence-electron chi connectivity index (χ2n) is 5.50. The first-order valence-corrected chi connectivity index (χ1v) is 9.67. The number of thioether (sulfide) groups is 1. The predicted octanol–water partition coefficient (Wildman–Crippen LogP) is 4.62. The van der Waals surface area contributed by atoms with Gasteiger partial charge in [-0.2, -0.15) is 0 Å². The minimum atomic E-state index is -0.217. The molecule has 3 rings (SSSR count). The molecule has 0 atom stereocenters. The first-order chi connectivity index (χ1) is 13.0. The van der Waals surface area contributed by atoms with E-state index >= 15 is 0 Å². The summed E-state index contributed by atoms with van der Waals surface area (Å²) >= 11 is 13.3. The average molecular weight is 423 g/mol. The topological polar surface area (TPSA) is 69.0 Å². The van der Waals surface area contributed by atoms with E-state index in [1.54, 1.807) is 25.3 Å². The zero-order valence-corrected chi connectivity index (χ0v) is 16.9. The Morgan fingerprint density at radius 3 is 2.63 bits per heavy atom. The van der Waals surface area contributed by atoms with Crippen molar-refractivity contribution < 1.29 is 9.53 Å². The summed E-state index contributed by atoms with van der Waals surface area (Å²) in [6.07, 6.45) is 0. The number of benzene rings is 2. The van der Waals surface area contributed by atoms with E-state index in [0.717, 1.165) is 17.3 Å². The zero-order chi connectivity index (χ0) is 19.4. The molecule has 0 unspecified atom stereocenters. The molecule has 0 radical (unpaired) electrons. The van der Waals surface area contributed by atoms with Gasteiger partial charge in [-0.25, -0.2) is 0 Å². The Morgan fingerprint density at radius 1 is 1.19 bits per heavy atom. The van der Waals surface area contributed by atoms with E-state index in [9.17, 15) is 4.79 Å². The molecular formula is C18H16Cl2N4O2S. The third kappa shape index (κ3) is 4.55. The van der Waals surface area contributed by atoms with Crippen LogP contribution in [0.4, 0.5) is 5.69 Å². The number of nitrogens with zero attached hydrogens (tertiary/aromatic N) is 3. The highest BCUT2D eigenvalue weighted by Crippen LogP contribution is 2.30.